The number of carbonyl (C=O) groups is 1. The molecule has 43 heavy (non-hydrogen) atoms. The van der Waals surface area contributed by atoms with E-state index in [2.05, 4.69) is 28.1 Å². The molecule has 258 valence electrons. The summed E-state index contributed by atoms with van der Waals surface area (Å²) in [6.45, 7) is 5.42. The standard InChI is InChI=1S/C34H70NO7P/c1-6-7-8-9-10-11-12-13-14-15-17-20-23-26-29-39-31-34(42-33(2)36)32-41-43(37,38)40-30-27-24-21-18-16-19-22-25-28-35(3,4)5/h34H,6-32H2,1-5H3/p+1. The highest BCUT2D eigenvalue weighted by atomic mass is 31.2. The van der Waals surface area contributed by atoms with E-state index >= 15 is 0 Å². The molecule has 0 aliphatic rings. The summed E-state index contributed by atoms with van der Waals surface area (Å²) in [5.41, 5.74) is 0. The van der Waals surface area contributed by atoms with Crippen molar-refractivity contribution in [2.45, 2.75) is 161 Å². The molecule has 0 aromatic rings. The Bertz CT molecular complexity index is 672. The Morgan fingerprint density at radius 3 is 1.49 bits per heavy atom. The van der Waals surface area contributed by atoms with Crippen LogP contribution in [0, 0.1) is 0 Å². The highest BCUT2D eigenvalue weighted by Gasteiger charge is 2.24. The van der Waals surface area contributed by atoms with Gasteiger partial charge in [-0.15, -0.1) is 0 Å². The first-order valence-electron chi connectivity index (χ1n) is 17.7. The van der Waals surface area contributed by atoms with E-state index in [4.69, 9.17) is 18.5 Å². The molecule has 0 radical (unpaired) electrons. The van der Waals surface area contributed by atoms with Crippen molar-refractivity contribution in [2.24, 2.45) is 0 Å². The second-order valence-corrected chi connectivity index (χ2v) is 14.8. The number of nitrogens with zero attached hydrogens (tertiary/aromatic N) is 1. The normalized spacial score (nSPS) is 14.1. The van der Waals surface area contributed by atoms with Crippen LogP contribution in [-0.4, -0.2) is 75.6 Å². The van der Waals surface area contributed by atoms with Crippen LogP contribution < -0.4 is 0 Å². The van der Waals surface area contributed by atoms with Gasteiger partial charge in [0.15, 0.2) is 0 Å². The molecule has 0 bridgehead atoms. The van der Waals surface area contributed by atoms with Crippen molar-refractivity contribution in [1.82, 2.24) is 0 Å². The van der Waals surface area contributed by atoms with Gasteiger partial charge in [-0.1, -0.05) is 122 Å². The fourth-order valence-electron chi connectivity index (χ4n) is 5.11. The number of hydrogen-bond acceptors (Lipinski definition) is 6. The number of phosphoric ester groups is 1. The Morgan fingerprint density at radius 2 is 1.05 bits per heavy atom. The molecule has 2 atom stereocenters. The topological polar surface area (TPSA) is 91.3 Å². The van der Waals surface area contributed by atoms with Gasteiger partial charge in [-0.05, 0) is 25.7 Å². The lowest BCUT2D eigenvalue weighted by Gasteiger charge is -2.23. The summed E-state index contributed by atoms with van der Waals surface area (Å²) in [5, 5.41) is 0. The maximum atomic E-state index is 12.3. The number of esters is 1. The van der Waals surface area contributed by atoms with Crippen molar-refractivity contribution >= 4 is 13.8 Å². The fraction of sp³-hybridized carbons (Fsp3) is 0.971. The van der Waals surface area contributed by atoms with Crippen molar-refractivity contribution in [3.63, 3.8) is 0 Å². The summed E-state index contributed by atoms with van der Waals surface area (Å²) >= 11 is 0. The summed E-state index contributed by atoms with van der Waals surface area (Å²) in [4.78, 5) is 21.5. The first-order valence-corrected chi connectivity index (χ1v) is 19.2. The molecule has 0 saturated heterocycles. The molecule has 9 heteroatoms. The zero-order valence-electron chi connectivity index (χ0n) is 29.0. The van der Waals surface area contributed by atoms with Gasteiger partial charge in [0.25, 0.3) is 0 Å². The third-order valence-electron chi connectivity index (χ3n) is 7.68. The maximum Gasteiger partial charge on any atom is 0.472 e. The second-order valence-electron chi connectivity index (χ2n) is 13.3. The van der Waals surface area contributed by atoms with Crippen LogP contribution in [-0.2, 0) is 27.9 Å². The van der Waals surface area contributed by atoms with Gasteiger partial charge < -0.3 is 18.9 Å². The van der Waals surface area contributed by atoms with Crippen LogP contribution in [0.2, 0.25) is 0 Å². The molecule has 0 spiro atoms. The average Bonchev–Trinajstić information content (AvgIpc) is 2.93. The molecule has 0 aliphatic carbocycles. The lowest BCUT2D eigenvalue weighted by molar-refractivity contribution is -0.870. The summed E-state index contributed by atoms with van der Waals surface area (Å²) in [6, 6.07) is 0. The number of unbranched alkanes of at least 4 members (excludes halogenated alkanes) is 20. The van der Waals surface area contributed by atoms with Crippen molar-refractivity contribution < 1.29 is 37.3 Å². The van der Waals surface area contributed by atoms with Crippen LogP contribution in [0.1, 0.15) is 155 Å². The third-order valence-corrected chi connectivity index (χ3v) is 8.66. The molecular weight excluding hydrogens is 565 g/mol. The number of quaternary nitrogens is 1. The van der Waals surface area contributed by atoms with E-state index < -0.39 is 19.9 Å². The lowest BCUT2D eigenvalue weighted by Crippen LogP contribution is -2.35. The molecule has 8 nitrogen and oxygen atoms in total. The van der Waals surface area contributed by atoms with Crippen LogP contribution in [0.3, 0.4) is 0 Å². The van der Waals surface area contributed by atoms with Gasteiger partial charge in [-0.2, -0.15) is 0 Å². The van der Waals surface area contributed by atoms with E-state index in [0.717, 1.165) is 30.2 Å². The lowest BCUT2D eigenvalue weighted by atomic mass is 10.0. The highest BCUT2D eigenvalue weighted by Crippen LogP contribution is 2.43. The van der Waals surface area contributed by atoms with Crippen LogP contribution in [0.25, 0.3) is 0 Å². The van der Waals surface area contributed by atoms with Gasteiger partial charge in [0, 0.05) is 13.5 Å². The Morgan fingerprint density at radius 1 is 0.628 bits per heavy atom. The van der Waals surface area contributed by atoms with Gasteiger partial charge in [0.1, 0.15) is 6.10 Å². The van der Waals surface area contributed by atoms with E-state index in [9.17, 15) is 14.3 Å². The summed E-state index contributed by atoms with van der Waals surface area (Å²) < 4.78 is 34.4. The van der Waals surface area contributed by atoms with E-state index in [1.165, 1.54) is 123 Å². The van der Waals surface area contributed by atoms with Gasteiger partial charge >= 0.3 is 13.8 Å². The number of carbonyl (C=O) groups excluding carboxylic acids is 1. The predicted molar refractivity (Wildman–Crippen MR) is 178 cm³/mol. The Hall–Kier alpha value is -0.500. The monoisotopic (exact) mass is 636 g/mol. The molecule has 1 N–H and O–H groups in total. The molecule has 0 rings (SSSR count). The quantitative estimate of drug-likeness (QED) is 0.0332. The minimum absolute atomic E-state index is 0.132. The van der Waals surface area contributed by atoms with Gasteiger partial charge in [0.05, 0.1) is 47.5 Å². The molecule has 0 aliphatic heterocycles. The SMILES string of the molecule is CCCCCCCCCCCCCCCCOCC(COP(=O)(O)OCCCCCCCCCC[N+](C)(C)C)OC(C)=O. The molecule has 0 saturated carbocycles. The molecule has 2 unspecified atom stereocenters. The van der Waals surface area contributed by atoms with E-state index in [0.29, 0.717) is 13.0 Å². The molecule has 0 aromatic heterocycles. The zero-order valence-corrected chi connectivity index (χ0v) is 29.9. The minimum Gasteiger partial charge on any atom is -0.458 e. The third kappa shape index (κ3) is 34.2. The number of ether oxygens (including phenoxy) is 2. The van der Waals surface area contributed by atoms with Crippen LogP contribution in [0.15, 0.2) is 0 Å². The van der Waals surface area contributed by atoms with Crippen LogP contribution >= 0.6 is 7.82 Å². The van der Waals surface area contributed by atoms with E-state index in [1.54, 1.807) is 0 Å². The fourth-order valence-corrected chi connectivity index (χ4v) is 5.90. The van der Waals surface area contributed by atoms with E-state index in [1.807, 2.05) is 0 Å². The molecule has 0 aromatic carbocycles. The first kappa shape index (κ1) is 42.5. The molecule has 0 fully saturated rings. The van der Waals surface area contributed by atoms with Crippen molar-refractivity contribution in [1.29, 1.82) is 0 Å². The second kappa shape index (κ2) is 28.9. The van der Waals surface area contributed by atoms with Gasteiger partial charge in [-0.3, -0.25) is 13.8 Å². The maximum absolute atomic E-state index is 12.3. The van der Waals surface area contributed by atoms with Gasteiger partial charge in [0.2, 0.25) is 0 Å². The molecular formula is C34H71NO7P+. The number of hydrogen-bond donors (Lipinski definition) is 1. The highest BCUT2D eigenvalue weighted by molar-refractivity contribution is 7.47. The Kier molecular flexibility index (Phi) is 28.6. The van der Waals surface area contributed by atoms with Crippen LogP contribution in [0.5, 0.6) is 0 Å². The summed E-state index contributed by atoms with van der Waals surface area (Å²) in [7, 11) is 2.49. The number of rotatable bonds is 33. The predicted octanol–water partition coefficient (Wildman–Crippen LogP) is 9.38. The minimum atomic E-state index is -4.20. The van der Waals surface area contributed by atoms with Crippen molar-refractivity contribution in [3.8, 4) is 0 Å². The largest absolute Gasteiger partial charge is 0.472 e. The van der Waals surface area contributed by atoms with Crippen LogP contribution in [0.4, 0.5) is 0 Å². The Balaban J connectivity index is 3.77. The molecule has 0 amide bonds. The van der Waals surface area contributed by atoms with E-state index in [-0.39, 0.29) is 19.8 Å². The molecule has 0 heterocycles. The zero-order chi connectivity index (χ0) is 32.1. The number of phosphoric acid groups is 1. The first-order chi connectivity index (χ1) is 20.6. The van der Waals surface area contributed by atoms with Crippen molar-refractivity contribution in [2.75, 3.05) is 54.1 Å². The summed E-state index contributed by atoms with van der Waals surface area (Å²) in [5.74, 6) is -0.476. The van der Waals surface area contributed by atoms with Gasteiger partial charge in [-0.25, -0.2) is 4.57 Å². The van der Waals surface area contributed by atoms with Crippen molar-refractivity contribution in [3.05, 3.63) is 0 Å². The summed E-state index contributed by atoms with van der Waals surface area (Å²) in [6.07, 6.45) is 26.5. The average molecular weight is 637 g/mol. The smallest absolute Gasteiger partial charge is 0.458 e. The Labute approximate surface area is 266 Å².